The zero-order chi connectivity index (χ0) is 17.8. The third-order valence-corrected chi connectivity index (χ3v) is 3.90. The van der Waals surface area contributed by atoms with Gasteiger partial charge in [0, 0.05) is 29.9 Å². The van der Waals surface area contributed by atoms with E-state index in [0.29, 0.717) is 11.7 Å². The summed E-state index contributed by atoms with van der Waals surface area (Å²) >= 11 is 0. The number of rotatable bonds is 5. The standard InChI is InChI=1S/C19H19N3O3/c1-13-16(14(2)22(3)21-13)9-10-19(23)24-12-18-20-11-17(25-18)15-7-5-4-6-8-15/h4-11H,12H2,1-3H3. The summed E-state index contributed by atoms with van der Waals surface area (Å²) in [7, 11) is 1.87. The Labute approximate surface area is 145 Å². The number of oxazole rings is 1. The van der Waals surface area contributed by atoms with Gasteiger partial charge in [-0.3, -0.25) is 4.68 Å². The van der Waals surface area contributed by atoms with Crippen LogP contribution < -0.4 is 0 Å². The van der Waals surface area contributed by atoms with E-state index in [4.69, 9.17) is 9.15 Å². The van der Waals surface area contributed by atoms with Crippen molar-refractivity contribution in [2.75, 3.05) is 0 Å². The number of hydrogen-bond donors (Lipinski definition) is 0. The van der Waals surface area contributed by atoms with E-state index in [-0.39, 0.29) is 6.61 Å². The molecule has 0 aliphatic carbocycles. The van der Waals surface area contributed by atoms with Crippen molar-refractivity contribution in [2.24, 2.45) is 7.05 Å². The van der Waals surface area contributed by atoms with Crippen LogP contribution in [-0.2, 0) is 23.2 Å². The molecule has 0 saturated heterocycles. The monoisotopic (exact) mass is 337 g/mol. The summed E-state index contributed by atoms with van der Waals surface area (Å²) in [5.74, 6) is 0.542. The Balaban J connectivity index is 1.59. The molecule has 0 spiro atoms. The quantitative estimate of drug-likeness (QED) is 0.527. The van der Waals surface area contributed by atoms with Gasteiger partial charge in [-0.2, -0.15) is 5.10 Å². The molecule has 2 heterocycles. The molecular formula is C19H19N3O3. The Morgan fingerprint density at radius 3 is 2.72 bits per heavy atom. The second-order valence-electron chi connectivity index (χ2n) is 5.63. The lowest BCUT2D eigenvalue weighted by Crippen LogP contribution is -2.01. The van der Waals surface area contributed by atoms with Crippen molar-refractivity contribution in [3.63, 3.8) is 0 Å². The molecule has 3 aromatic rings. The summed E-state index contributed by atoms with van der Waals surface area (Å²) in [6.45, 7) is 3.83. The van der Waals surface area contributed by atoms with Crippen molar-refractivity contribution >= 4 is 12.0 Å². The van der Waals surface area contributed by atoms with Gasteiger partial charge in [0.15, 0.2) is 12.4 Å². The predicted octanol–water partition coefficient (Wildman–Crippen LogP) is 3.45. The first-order chi connectivity index (χ1) is 12.0. The van der Waals surface area contributed by atoms with Gasteiger partial charge in [0.2, 0.25) is 5.89 Å². The maximum atomic E-state index is 11.9. The summed E-state index contributed by atoms with van der Waals surface area (Å²) in [4.78, 5) is 16.0. The molecule has 2 aromatic heterocycles. The third kappa shape index (κ3) is 3.85. The molecule has 0 N–H and O–H groups in total. The summed E-state index contributed by atoms with van der Waals surface area (Å²) in [5, 5.41) is 4.30. The minimum Gasteiger partial charge on any atom is -0.453 e. The molecule has 0 bridgehead atoms. The molecular weight excluding hydrogens is 318 g/mol. The fourth-order valence-corrected chi connectivity index (χ4v) is 2.48. The van der Waals surface area contributed by atoms with Crippen LogP contribution in [0.2, 0.25) is 0 Å². The van der Waals surface area contributed by atoms with E-state index in [0.717, 1.165) is 22.5 Å². The SMILES string of the molecule is Cc1nn(C)c(C)c1C=CC(=O)OCc1ncc(-c2ccccc2)o1. The van der Waals surface area contributed by atoms with E-state index >= 15 is 0 Å². The fourth-order valence-electron chi connectivity index (χ4n) is 2.48. The lowest BCUT2D eigenvalue weighted by Gasteiger charge is -1.99. The van der Waals surface area contributed by atoms with Crippen LogP contribution in [0.5, 0.6) is 0 Å². The number of esters is 1. The van der Waals surface area contributed by atoms with E-state index in [2.05, 4.69) is 10.1 Å². The molecule has 3 rings (SSSR count). The fraction of sp³-hybridized carbons (Fsp3) is 0.211. The normalized spacial score (nSPS) is 11.2. The minimum atomic E-state index is -0.456. The minimum absolute atomic E-state index is 0.0129. The highest BCUT2D eigenvalue weighted by Gasteiger charge is 2.09. The Kier molecular flexibility index (Phi) is 4.79. The van der Waals surface area contributed by atoms with Crippen LogP contribution in [0.25, 0.3) is 17.4 Å². The third-order valence-electron chi connectivity index (χ3n) is 3.90. The van der Waals surface area contributed by atoms with Gasteiger partial charge in [0.1, 0.15) is 0 Å². The van der Waals surface area contributed by atoms with E-state index in [9.17, 15) is 4.79 Å². The van der Waals surface area contributed by atoms with Gasteiger partial charge in [0.05, 0.1) is 11.9 Å². The lowest BCUT2D eigenvalue weighted by molar-refractivity contribution is -0.139. The average molecular weight is 337 g/mol. The highest BCUT2D eigenvalue weighted by atomic mass is 16.5. The van der Waals surface area contributed by atoms with Gasteiger partial charge in [-0.05, 0) is 19.9 Å². The van der Waals surface area contributed by atoms with Crippen LogP contribution in [-0.4, -0.2) is 20.7 Å². The predicted molar refractivity (Wildman–Crippen MR) is 93.5 cm³/mol. The van der Waals surface area contributed by atoms with Gasteiger partial charge in [0.25, 0.3) is 0 Å². The molecule has 6 nitrogen and oxygen atoms in total. The Morgan fingerprint density at radius 1 is 1.28 bits per heavy atom. The maximum absolute atomic E-state index is 11.9. The molecule has 0 fully saturated rings. The van der Waals surface area contributed by atoms with E-state index < -0.39 is 5.97 Å². The Hall–Kier alpha value is -3.15. The molecule has 0 aliphatic rings. The van der Waals surface area contributed by atoms with Crippen LogP contribution in [0.1, 0.15) is 22.8 Å². The van der Waals surface area contributed by atoms with Crippen molar-refractivity contribution in [3.05, 3.63) is 65.4 Å². The van der Waals surface area contributed by atoms with Crippen molar-refractivity contribution < 1.29 is 13.9 Å². The molecule has 0 unspecified atom stereocenters. The van der Waals surface area contributed by atoms with E-state index in [1.54, 1.807) is 17.0 Å². The number of hydrogen-bond acceptors (Lipinski definition) is 5. The average Bonchev–Trinajstić information content (AvgIpc) is 3.18. The van der Waals surface area contributed by atoms with Crippen molar-refractivity contribution in [3.8, 4) is 11.3 Å². The number of carbonyl (C=O) groups is 1. The van der Waals surface area contributed by atoms with E-state index in [1.165, 1.54) is 6.08 Å². The molecule has 0 amide bonds. The second-order valence-corrected chi connectivity index (χ2v) is 5.63. The van der Waals surface area contributed by atoms with Crippen LogP contribution in [0, 0.1) is 13.8 Å². The summed E-state index contributed by atoms with van der Waals surface area (Å²) < 4.78 is 12.6. The smallest absolute Gasteiger partial charge is 0.331 e. The maximum Gasteiger partial charge on any atom is 0.331 e. The van der Waals surface area contributed by atoms with Gasteiger partial charge >= 0.3 is 5.97 Å². The summed E-state index contributed by atoms with van der Waals surface area (Å²) in [6, 6.07) is 9.63. The number of aryl methyl sites for hydroxylation is 2. The second kappa shape index (κ2) is 7.17. The molecule has 128 valence electrons. The van der Waals surface area contributed by atoms with Crippen LogP contribution in [0.3, 0.4) is 0 Å². The molecule has 0 atom stereocenters. The van der Waals surface area contributed by atoms with Gasteiger partial charge in [-0.15, -0.1) is 0 Å². The molecule has 0 radical (unpaired) electrons. The van der Waals surface area contributed by atoms with Gasteiger partial charge < -0.3 is 9.15 Å². The molecule has 0 aliphatic heterocycles. The van der Waals surface area contributed by atoms with Gasteiger partial charge in [-0.25, -0.2) is 9.78 Å². The zero-order valence-electron chi connectivity index (χ0n) is 14.4. The summed E-state index contributed by atoms with van der Waals surface area (Å²) in [6.07, 6.45) is 4.72. The zero-order valence-corrected chi connectivity index (χ0v) is 14.4. The Bertz CT molecular complexity index is 907. The summed E-state index contributed by atoms with van der Waals surface area (Å²) in [5.41, 5.74) is 3.70. The van der Waals surface area contributed by atoms with Gasteiger partial charge in [-0.1, -0.05) is 30.3 Å². The molecule has 1 aromatic carbocycles. The lowest BCUT2D eigenvalue weighted by atomic mass is 10.2. The van der Waals surface area contributed by atoms with Crippen molar-refractivity contribution in [2.45, 2.75) is 20.5 Å². The number of ether oxygens (including phenoxy) is 1. The molecule has 25 heavy (non-hydrogen) atoms. The first-order valence-corrected chi connectivity index (χ1v) is 7.90. The molecule has 0 saturated carbocycles. The van der Waals surface area contributed by atoms with Crippen LogP contribution >= 0.6 is 0 Å². The topological polar surface area (TPSA) is 70.2 Å². The number of aromatic nitrogens is 3. The largest absolute Gasteiger partial charge is 0.453 e. The molecule has 6 heteroatoms. The van der Waals surface area contributed by atoms with Crippen molar-refractivity contribution in [1.82, 2.24) is 14.8 Å². The number of nitrogens with zero attached hydrogens (tertiary/aromatic N) is 3. The number of benzene rings is 1. The highest BCUT2D eigenvalue weighted by Crippen LogP contribution is 2.20. The highest BCUT2D eigenvalue weighted by molar-refractivity contribution is 5.87. The number of carbonyl (C=O) groups excluding carboxylic acids is 1. The van der Waals surface area contributed by atoms with Crippen LogP contribution in [0.15, 0.2) is 47.0 Å². The Morgan fingerprint density at radius 2 is 2.04 bits per heavy atom. The first-order valence-electron chi connectivity index (χ1n) is 7.90. The van der Waals surface area contributed by atoms with Crippen LogP contribution in [0.4, 0.5) is 0 Å². The van der Waals surface area contributed by atoms with Crippen molar-refractivity contribution in [1.29, 1.82) is 0 Å². The van der Waals surface area contributed by atoms with E-state index in [1.807, 2.05) is 51.2 Å². The first kappa shape index (κ1) is 16.7.